The van der Waals surface area contributed by atoms with Crippen molar-refractivity contribution < 1.29 is 14.7 Å². The maximum Gasteiger partial charge on any atom is 0.306 e. The molecule has 0 aromatic rings. The van der Waals surface area contributed by atoms with Crippen LogP contribution in [0.3, 0.4) is 0 Å². The van der Waals surface area contributed by atoms with Gasteiger partial charge in [0.05, 0.1) is 5.92 Å². The number of carboxylic acid groups (broad SMARTS) is 1. The van der Waals surface area contributed by atoms with Crippen LogP contribution in [0.25, 0.3) is 0 Å². The second-order valence-electron chi connectivity index (χ2n) is 4.86. The molecule has 0 aromatic carbocycles. The Morgan fingerprint density at radius 1 is 1.47 bits per heavy atom. The van der Waals surface area contributed by atoms with E-state index in [9.17, 15) is 9.59 Å². The van der Waals surface area contributed by atoms with Crippen LogP contribution in [0.4, 0.5) is 0 Å². The molecule has 3 atom stereocenters. The molecule has 0 aromatic heterocycles. The van der Waals surface area contributed by atoms with Crippen molar-refractivity contribution in [1.29, 1.82) is 0 Å². The van der Waals surface area contributed by atoms with Gasteiger partial charge in [-0.15, -0.1) is 0 Å². The smallest absolute Gasteiger partial charge is 0.306 e. The van der Waals surface area contributed by atoms with Crippen molar-refractivity contribution in [3.05, 3.63) is 0 Å². The Morgan fingerprint density at radius 2 is 2.18 bits per heavy atom. The number of carbonyl (C=O) groups is 2. The van der Waals surface area contributed by atoms with Crippen molar-refractivity contribution in [1.82, 2.24) is 5.32 Å². The quantitative estimate of drug-likeness (QED) is 0.635. The standard InChI is InChI=1S/C12H22N2O3/c1-8(5-6-13)11(15)14-7-9-3-2-4-10(9)12(16)17/h8-10H,2-7,13H2,1H3,(H,14,15)(H,16,17). The van der Waals surface area contributed by atoms with E-state index in [0.717, 1.165) is 19.3 Å². The number of carbonyl (C=O) groups excluding carboxylic acids is 1. The molecule has 5 nitrogen and oxygen atoms in total. The van der Waals surface area contributed by atoms with Crippen LogP contribution >= 0.6 is 0 Å². The first-order valence-corrected chi connectivity index (χ1v) is 6.26. The van der Waals surface area contributed by atoms with E-state index in [2.05, 4.69) is 5.32 Å². The first-order chi connectivity index (χ1) is 8.06. The van der Waals surface area contributed by atoms with E-state index in [1.54, 1.807) is 0 Å². The molecule has 1 aliphatic carbocycles. The van der Waals surface area contributed by atoms with Gasteiger partial charge in [0.15, 0.2) is 0 Å². The van der Waals surface area contributed by atoms with Crippen LogP contribution in [0.2, 0.25) is 0 Å². The fourth-order valence-electron chi connectivity index (χ4n) is 2.39. The Balaban J connectivity index is 2.34. The van der Waals surface area contributed by atoms with Gasteiger partial charge in [0, 0.05) is 12.5 Å². The number of hydrogen-bond donors (Lipinski definition) is 3. The number of rotatable bonds is 6. The summed E-state index contributed by atoms with van der Waals surface area (Å²) in [6, 6.07) is 0. The molecule has 0 bridgehead atoms. The summed E-state index contributed by atoms with van der Waals surface area (Å²) in [4.78, 5) is 22.6. The minimum absolute atomic E-state index is 0.0218. The average Bonchev–Trinajstić information content (AvgIpc) is 2.74. The van der Waals surface area contributed by atoms with Crippen molar-refractivity contribution in [3.63, 3.8) is 0 Å². The van der Waals surface area contributed by atoms with Crippen LogP contribution in [-0.2, 0) is 9.59 Å². The van der Waals surface area contributed by atoms with Crippen molar-refractivity contribution in [2.24, 2.45) is 23.5 Å². The largest absolute Gasteiger partial charge is 0.481 e. The van der Waals surface area contributed by atoms with E-state index in [-0.39, 0.29) is 23.7 Å². The summed E-state index contributed by atoms with van der Waals surface area (Å²) in [5.41, 5.74) is 5.39. The van der Waals surface area contributed by atoms with Crippen molar-refractivity contribution in [2.45, 2.75) is 32.6 Å². The summed E-state index contributed by atoms with van der Waals surface area (Å²) in [5, 5.41) is 11.8. The molecule has 1 aliphatic rings. The molecule has 1 fully saturated rings. The third-order valence-electron chi connectivity index (χ3n) is 3.56. The molecule has 0 radical (unpaired) electrons. The summed E-state index contributed by atoms with van der Waals surface area (Å²) in [6.45, 7) is 2.81. The Morgan fingerprint density at radius 3 is 2.76 bits per heavy atom. The van der Waals surface area contributed by atoms with Crippen LogP contribution < -0.4 is 11.1 Å². The molecular weight excluding hydrogens is 220 g/mol. The van der Waals surface area contributed by atoms with Gasteiger partial charge in [-0.1, -0.05) is 13.3 Å². The van der Waals surface area contributed by atoms with Crippen LogP contribution in [0, 0.1) is 17.8 Å². The van der Waals surface area contributed by atoms with Crippen LogP contribution in [0.15, 0.2) is 0 Å². The molecule has 1 saturated carbocycles. The van der Waals surface area contributed by atoms with Gasteiger partial charge in [-0.25, -0.2) is 0 Å². The van der Waals surface area contributed by atoms with Gasteiger partial charge in [0.1, 0.15) is 0 Å². The lowest BCUT2D eigenvalue weighted by Gasteiger charge is -2.18. The zero-order chi connectivity index (χ0) is 12.8. The van der Waals surface area contributed by atoms with Crippen molar-refractivity contribution >= 4 is 11.9 Å². The first-order valence-electron chi connectivity index (χ1n) is 6.26. The molecule has 0 heterocycles. The maximum absolute atomic E-state index is 11.7. The Labute approximate surface area is 102 Å². The molecule has 3 unspecified atom stereocenters. The molecule has 1 rings (SSSR count). The molecule has 0 spiro atoms. The molecule has 0 aliphatic heterocycles. The first kappa shape index (κ1) is 14.0. The zero-order valence-corrected chi connectivity index (χ0v) is 10.3. The SMILES string of the molecule is CC(CCN)C(=O)NCC1CCCC1C(=O)O. The van der Waals surface area contributed by atoms with E-state index in [1.807, 2.05) is 6.92 Å². The fourth-order valence-corrected chi connectivity index (χ4v) is 2.39. The normalized spacial score (nSPS) is 25.5. The number of aliphatic carboxylic acids is 1. The highest BCUT2D eigenvalue weighted by atomic mass is 16.4. The van der Waals surface area contributed by atoms with Crippen LogP contribution in [-0.4, -0.2) is 30.1 Å². The summed E-state index contributed by atoms with van der Waals surface area (Å²) in [6.07, 6.45) is 3.23. The predicted octanol–water partition coefficient (Wildman–Crippen LogP) is 0.588. The highest BCUT2D eigenvalue weighted by Crippen LogP contribution is 2.31. The van der Waals surface area contributed by atoms with Gasteiger partial charge in [0.2, 0.25) is 5.91 Å². The minimum atomic E-state index is -0.739. The van der Waals surface area contributed by atoms with Crippen molar-refractivity contribution in [3.8, 4) is 0 Å². The lowest BCUT2D eigenvalue weighted by Crippen LogP contribution is -2.36. The van der Waals surface area contributed by atoms with E-state index >= 15 is 0 Å². The van der Waals surface area contributed by atoms with Crippen molar-refractivity contribution in [2.75, 3.05) is 13.1 Å². The van der Waals surface area contributed by atoms with Crippen LogP contribution in [0.1, 0.15) is 32.6 Å². The third-order valence-corrected chi connectivity index (χ3v) is 3.56. The van der Waals surface area contributed by atoms with Gasteiger partial charge >= 0.3 is 5.97 Å². The van der Waals surface area contributed by atoms with E-state index in [1.165, 1.54) is 0 Å². The molecular formula is C12H22N2O3. The monoisotopic (exact) mass is 242 g/mol. The number of amides is 1. The summed E-state index contributed by atoms with van der Waals surface area (Å²) in [7, 11) is 0. The van der Waals surface area contributed by atoms with Gasteiger partial charge in [-0.2, -0.15) is 0 Å². The lowest BCUT2D eigenvalue weighted by atomic mass is 9.96. The molecule has 4 N–H and O–H groups in total. The van der Waals surface area contributed by atoms with E-state index in [0.29, 0.717) is 19.5 Å². The number of carboxylic acids is 1. The van der Waals surface area contributed by atoms with Crippen LogP contribution in [0.5, 0.6) is 0 Å². The Kier molecular flexibility index (Phi) is 5.41. The molecule has 0 saturated heterocycles. The minimum Gasteiger partial charge on any atom is -0.481 e. The summed E-state index contributed by atoms with van der Waals surface area (Å²) in [5.74, 6) is -1.06. The average molecular weight is 242 g/mol. The summed E-state index contributed by atoms with van der Waals surface area (Å²) >= 11 is 0. The Hall–Kier alpha value is -1.10. The fraction of sp³-hybridized carbons (Fsp3) is 0.833. The van der Waals surface area contributed by atoms with E-state index < -0.39 is 5.97 Å². The molecule has 17 heavy (non-hydrogen) atoms. The number of nitrogens with two attached hydrogens (primary N) is 1. The van der Waals surface area contributed by atoms with Gasteiger partial charge in [-0.05, 0) is 31.7 Å². The number of nitrogens with one attached hydrogen (secondary N) is 1. The third kappa shape index (κ3) is 4.00. The van der Waals surface area contributed by atoms with Gasteiger partial charge < -0.3 is 16.2 Å². The second-order valence-corrected chi connectivity index (χ2v) is 4.86. The van der Waals surface area contributed by atoms with Gasteiger partial charge in [-0.3, -0.25) is 9.59 Å². The molecule has 98 valence electrons. The zero-order valence-electron chi connectivity index (χ0n) is 10.3. The topological polar surface area (TPSA) is 92.4 Å². The highest BCUT2D eigenvalue weighted by molar-refractivity contribution is 5.78. The van der Waals surface area contributed by atoms with Gasteiger partial charge in [0.25, 0.3) is 0 Å². The van der Waals surface area contributed by atoms with E-state index in [4.69, 9.17) is 10.8 Å². The maximum atomic E-state index is 11.7. The predicted molar refractivity (Wildman–Crippen MR) is 64.3 cm³/mol. The number of hydrogen-bond acceptors (Lipinski definition) is 3. The highest BCUT2D eigenvalue weighted by Gasteiger charge is 2.33. The molecule has 1 amide bonds. The second kappa shape index (κ2) is 6.59. The molecule has 5 heteroatoms. The summed E-state index contributed by atoms with van der Waals surface area (Å²) < 4.78 is 0. The lowest BCUT2D eigenvalue weighted by molar-refractivity contribution is -0.143. The Bertz CT molecular complexity index is 281.